The molecule has 100 valence electrons. The molecule has 1 N–H and O–H groups in total. The molecule has 0 radical (unpaired) electrons. The van der Waals surface area contributed by atoms with E-state index >= 15 is 0 Å². The van der Waals surface area contributed by atoms with E-state index in [0.717, 1.165) is 10.9 Å². The van der Waals surface area contributed by atoms with Crippen LogP contribution in [0.15, 0.2) is 24.3 Å². The lowest BCUT2D eigenvalue weighted by Gasteiger charge is -2.07. The van der Waals surface area contributed by atoms with Crippen molar-refractivity contribution in [3.63, 3.8) is 0 Å². The number of rotatable bonds is 8. The highest BCUT2D eigenvalue weighted by molar-refractivity contribution is 9.08. The molecule has 18 heavy (non-hydrogen) atoms. The summed E-state index contributed by atoms with van der Waals surface area (Å²) >= 11 is 3.40. The van der Waals surface area contributed by atoms with Crippen LogP contribution in [0.25, 0.3) is 0 Å². The van der Waals surface area contributed by atoms with E-state index < -0.39 is 0 Å². The molecule has 0 atom stereocenters. The number of hydrogen-bond acceptors (Lipinski definition) is 3. The van der Waals surface area contributed by atoms with Crippen LogP contribution in [0.4, 0.5) is 0 Å². The number of benzene rings is 1. The van der Waals surface area contributed by atoms with E-state index in [4.69, 9.17) is 9.47 Å². The Balaban J connectivity index is 2.24. The minimum absolute atomic E-state index is 0.0709. The molecule has 0 aliphatic heterocycles. The van der Waals surface area contributed by atoms with Crippen LogP contribution in [-0.2, 0) is 26.1 Å². The van der Waals surface area contributed by atoms with E-state index in [9.17, 15) is 4.79 Å². The lowest BCUT2D eigenvalue weighted by Crippen LogP contribution is -2.27. The van der Waals surface area contributed by atoms with Gasteiger partial charge in [-0.05, 0) is 11.1 Å². The Labute approximate surface area is 116 Å². The van der Waals surface area contributed by atoms with Crippen molar-refractivity contribution in [1.82, 2.24) is 5.32 Å². The molecule has 4 nitrogen and oxygen atoms in total. The number of carbonyl (C=O) groups excluding carboxylic acids is 1. The smallest absolute Gasteiger partial charge is 0.246 e. The molecular formula is C13H18BrNO3. The minimum Gasteiger partial charge on any atom is -0.382 e. The van der Waals surface area contributed by atoms with Crippen molar-refractivity contribution in [3.05, 3.63) is 35.4 Å². The van der Waals surface area contributed by atoms with E-state index in [0.29, 0.717) is 19.8 Å². The Hall–Kier alpha value is -0.910. The number of carbonyl (C=O) groups is 1. The lowest BCUT2D eigenvalue weighted by atomic mass is 10.1. The second-order valence-electron chi connectivity index (χ2n) is 3.78. The molecule has 0 saturated heterocycles. The Kier molecular flexibility index (Phi) is 7.64. The van der Waals surface area contributed by atoms with Crippen LogP contribution >= 0.6 is 15.9 Å². The van der Waals surface area contributed by atoms with Crippen LogP contribution in [0.3, 0.4) is 0 Å². The van der Waals surface area contributed by atoms with Crippen molar-refractivity contribution >= 4 is 21.8 Å². The Bertz CT molecular complexity index is 371. The summed E-state index contributed by atoms with van der Waals surface area (Å²) in [7, 11) is 1.60. The molecule has 0 aromatic heterocycles. The maximum Gasteiger partial charge on any atom is 0.246 e. The molecule has 0 heterocycles. The maximum absolute atomic E-state index is 11.4. The van der Waals surface area contributed by atoms with Crippen LogP contribution in [-0.4, -0.2) is 32.8 Å². The largest absolute Gasteiger partial charge is 0.382 e. The Morgan fingerprint density at radius 1 is 1.33 bits per heavy atom. The molecule has 1 rings (SSSR count). The number of alkyl halides is 1. The van der Waals surface area contributed by atoms with Crippen LogP contribution in [0.2, 0.25) is 0 Å². The van der Waals surface area contributed by atoms with E-state index in [1.54, 1.807) is 7.11 Å². The Morgan fingerprint density at radius 3 is 2.83 bits per heavy atom. The van der Waals surface area contributed by atoms with Crippen molar-refractivity contribution in [2.24, 2.45) is 0 Å². The molecule has 0 bridgehead atoms. The predicted octanol–water partition coefficient (Wildman–Crippen LogP) is 1.86. The molecule has 0 fully saturated rings. The molecular weight excluding hydrogens is 298 g/mol. The van der Waals surface area contributed by atoms with Crippen LogP contribution < -0.4 is 5.32 Å². The maximum atomic E-state index is 11.4. The third kappa shape index (κ3) is 6.14. The fourth-order valence-corrected chi connectivity index (χ4v) is 1.73. The van der Waals surface area contributed by atoms with Crippen LogP contribution in [0, 0.1) is 0 Å². The van der Waals surface area contributed by atoms with E-state index in [1.165, 1.54) is 5.56 Å². The van der Waals surface area contributed by atoms with Gasteiger partial charge in [0, 0.05) is 19.0 Å². The standard InChI is InChI=1S/C13H18BrNO3/c1-17-5-6-18-10-13(16)15-9-12-4-2-3-11(7-12)8-14/h2-4,7H,5-6,8-10H2,1H3,(H,15,16). The van der Waals surface area contributed by atoms with Gasteiger partial charge in [0.1, 0.15) is 6.61 Å². The molecule has 1 aromatic rings. The van der Waals surface area contributed by atoms with E-state index in [-0.39, 0.29) is 12.5 Å². The van der Waals surface area contributed by atoms with Crippen molar-refractivity contribution in [2.45, 2.75) is 11.9 Å². The van der Waals surface area contributed by atoms with Crippen molar-refractivity contribution < 1.29 is 14.3 Å². The minimum atomic E-state index is -0.115. The van der Waals surface area contributed by atoms with Crippen LogP contribution in [0.5, 0.6) is 0 Å². The van der Waals surface area contributed by atoms with Gasteiger partial charge < -0.3 is 14.8 Å². The number of halogens is 1. The van der Waals surface area contributed by atoms with Crippen LogP contribution in [0.1, 0.15) is 11.1 Å². The van der Waals surface area contributed by atoms with Gasteiger partial charge in [0.15, 0.2) is 0 Å². The summed E-state index contributed by atoms with van der Waals surface area (Å²) in [5.41, 5.74) is 2.27. The summed E-state index contributed by atoms with van der Waals surface area (Å²) in [6.45, 7) is 1.53. The van der Waals surface area contributed by atoms with Crippen molar-refractivity contribution in [2.75, 3.05) is 26.9 Å². The molecule has 0 spiro atoms. The Morgan fingerprint density at radius 2 is 2.11 bits per heavy atom. The van der Waals surface area contributed by atoms with E-state index in [1.807, 2.05) is 18.2 Å². The molecule has 0 aliphatic carbocycles. The number of amides is 1. The summed E-state index contributed by atoms with van der Waals surface area (Å²) in [4.78, 5) is 11.4. The highest BCUT2D eigenvalue weighted by atomic mass is 79.9. The first-order valence-electron chi connectivity index (χ1n) is 5.73. The van der Waals surface area contributed by atoms with Gasteiger partial charge in [0.05, 0.1) is 13.2 Å². The van der Waals surface area contributed by atoms with Crippen molar-refractivity contribution in [3.8, 4) is 0 Å². The SMILES string of the molecule is COCCOCC(=O)NCc1cccc(CBr)c1. The second-order valence-corrected chi connectivity index (χ2v) is 4.34. The fourth-order valence-electron chi connectivity index (χ4n) is 1.38. The quantitative estimate of drug-likeness (QED) is 0.588. The average molecular weight is 316 g/mol. The number of hydrogen-bond donors (Lipinski definition) is 1. The fraction of sp³-hybridized carbons (Fsp3) is 0.462. The third-order valence-electron chi connectivity index (χ3n) is 2.30. The molecule has 1 aromatic carbocycles. The zero-order valence-corrected chi connectivity index (χ0v) is 12.0. The second kappa shape index (κ2) is 9.08. The van der Waals surface area contributed by atoms with Gasteiger partial charge in [-0.1, -0.05) is 40.2 Å². The molecule has 0 saturated carbocycles. The normalized spacial score (nSPS) is 10.3. The summed E-state index contributed by atoms with van der Waals surface area (Å²) in [6.07, 6.45) is 0. The first kappa shape index (κ1) is 15.1. The number of ether oxygens (including phenoxy) is 2. The number of methoxy groups -OCH3 is 1. The molecule has 1 amide bonds. The number of nitrogens with one attached hydrogen (secondary N) is 1. The first-order chi connectivity index (χ1) is 8.76. The predicted molar refractivity (Wildman–Crippen MR) is 73.6 cm³/mol. The average Bonchev–Trinajstić information content (AvgIpc) is 2.41. The van der Waals surface area contributed by atoms with Gasteiger partial charge >= 0.3 is 0 Å². The van der Waals surface area contributed by atoms with Gasteiger partial charge in [-0.3, -0.25) is 4.79 Å². The van der Waals surface area contributed by atoms with Gasteiger partial charge in [0.25, 0.3) is 0 Å². The highest BCUT2D eigenvalue weighted by Gasteiger charge is 2.01. The first-order valence-corrected chi connectivity index (χ1v) is 6.85. The molecule has 0 aliphatic rings. The molecule has 5 heteroatoms. The van der Waals surface area contributed by atoms with Gasteiger partial charge in [-0.2, -0.15) is 0 Å². The lowest BCUT2D eigenvalue weighted by molar-refractivity contribution is -0.126. The summed E-state index contributed by atoms with van der Waals surface area (Å²) < 4.78 is 9.94. The zero-order valence-electron chi connectivity index (χ0n) is 10.4. The molecule has 0 unspecified atom stereocenters. The van der Waals surface area contributed by atoms with Gasteiger partial charge in [0.2, 0.25) is 5.91 Å². The third-order valence-corrected chi connectivity index (χ3v) is 2.95. The monoisotopic (exact) mass is 315 g/mol. The van der Waals surface area contributed by atoms with Gasteiger partial charge in [-0.25, -0.2) is 0 Å². The summed E-state index contributed by atoms with van der Waals surface area (Å²) in [5.74, 6) is -0.115. The zero-order chi connectivity index (χ0) is 13.2. The summed E-state index contributed by atoms with van der Waals surface area (Å²) in [5, 5.41) is 3.62. The van der Waals surface area contributed by atoms with Gasteiger partial charge in [-0.15, -0.1) is 0 Å². The highest BCUT2D eigenvalue weighted by Crippen LogP contribution is 2.08. The van der Waals surface area contributed by atoms with Crippen molar-refractivity contribution in [1.29, 1.82) is 0 Å². The van der Waals surface area contributed by atoms with E-state index in [2.05, 4.69) is 27.3 Å². The topological polar surface area (TPSA) is 47.6 Å². The summed E-state index contributed by atoms with van der Waals surface area (Å²) in [6, 6.07) is 8.06.